The Morgan fingerprint density at radius 3 is 2.54 bits per heavy atom. The molecule has 0 saturated carbocycles. The molecule has 3 aromatic rings. The standard InChI is InChI=1S/C30H38N6O.C2H6.3H2/c1-4-6-22(7-5-2)33-29-25-18-21(8-11-26(25)31-19-32-29)23-9-12-27-24(23)10-13-28(34-27)35-30(37)20-14-16-36(3)17-15-20;1-2;;;/h8-11,13,18-20,22H,4-7,12,14-17H2,1-3H3,(H,31,32,33)(H,34,35,37);1-2H3;3*1H. The summed E-state index contributed by atoms with van der Waals surface area (Å²) in [6, 6.07) is 10.8. The summed E-state index contributed by atoms with van der Waals surface area (Å²) in [7, 11) is 2.11. The van der Waals surface area contributed by atoms with E-state index in [1.54, 1.807) is 6.33 Å². The van der Waals surface area contributed by atoms with Gasteiger partial charge in [0.1, 0.15) is 18.0 Å². The number of carbonyl (C=O) groups excluding carboxylic acids is 1. The number of nitrogens with one attached hydrogen (secondary N) is 2. The van der Waals surface area contributed by atoms with E-state index in [2.05, 4.69) is 76.7 Å². The summed E-state index contributed by atoms with van der Waals surface area (Å²) in [6.07, 6.45) is 11.0. The third-order valence-electron chi connectivity index (χ3n) is 7.67. The first kappa shape index (κ1) is 28.7. The number of nitrogens with zero attached hydrogens (tertiary/aromatic N) is 4. The normalized spacial score (nSPS) is 15.5. The number of pyridine rings is 1. The Morgan fingerprint density at radius 1 is 1.08 bits per heavy atom. The minimum Gasteiger partial charge on any atom is -0.367 e. The molecule has 7 heteroatoms. The molecule has 0 bridgehead atoms. The fourth-order valence-corrected chi connectivity index (χ4v) is 5.57. The summed E-state index contributed by atoms with van der Waals surface area (Å²) in [4.78, 5) is 29.0. The van der Waals surface area contributed by atoms with Gasteiger partial charge in [0.25, 0.3) is 0 Å². The molecular formula is C32H50N6O. The van der Waals surface area contributed by atoms with Crippen LogP contribution in [0.2, 0.25) is 0 Å². The van der Waals surface area contributed by atoms with Crippen LogP contribution < -0.4 is 10.6 Å². The van der Waals surface area contributed by atoms with Crippen molar-refractivity contribution in [3.05, 3.63) is 59.6 Å². The molecule has 0 spiro atoms. The Morgan fingerprint density at radius 2 is 1.82 bits per heavy atom. The maximum Gasteiger partial charge on any atom is 0.228 e. The molecule has 2 aromatic heterocycles. The number of fused-ring (bicyclic) bond motifs is 2. The van der Waals surface area contributed by atoms with Crippen LogP contribution in [0.25, 0.3) is 16.5 Å². The van der Waals surface area contributed by atoms with Crippen LogP contribution in [0.3, 0.4) is 0 Å². The van der Waals surface area contributed by atoms with Gasteiger partial charge in [-0.15, -0.1) is 0 Å². The lowest BCUT2D eigenvalue weighted by Crippen LogP contribution is -2.36. The van der Waals surface area contributed by atoms with E-state index >= 15 is 0 Å². The summed E-state index contributed by atoms with van der Waals surface area (Å²) in [5, 5.41) is 7.80. The average molecular weight is 535 g/mol. The van der Waals surface area contributed by atoms with Crippen LogP contribution in [0.4, 0.5) is 11.6 Å². The number of rotatable bonds is 9. The topological polar surface area (TPSA) is 83.0 Å². The lowest BCUT2D eigenvalue weighted by molar-refractivity contribution is -0.121. The summed E-state index contributed by atoms with van der Waals surface area (Å²) in [5.41, 5.74) is 5.38. The van der Waals surface area contributed by atoms with Crippen LogP contribution in [0.15, 0.2) is 42.7 Å². The van der Waals surface area contributed by atoms with E-state index in [-0.39, 0.29) is 16.1 Å². The Bertz CT molecular complexity index is 1300. The van der Waals surface area contributed by atoms with Crippen LogP contribution in [0.5, 0.6) is 0 Å². The summed E-state index contributed by atoms with van der Waals surface area (Å²) >= 11 is 0. The number of benzene rings is 1. The Labute approximate surface area is 238 Å². The zero-order valence-electron chi connectivity index (χ0n) is 24.3. The third-order valence-corrected chi connectivity index (χ3v) is 7.67. The highest BCUT2D eigenvalue weighted by atomic mass is 16.1. The molecule has 0 atom stereocenters. The number of piperidine rings is 1. The zero-order chi connectivity index (χ0) is 27.8. The van der Waals surface area contributed by atoms with Gasteiger partial charge in [-0.1, -0.05) is 52.7 Å². The van der Waals surface area contributed by atoms with Crippen molar-refractivity contribution in [2.45, 2.75) is 78.7 Å². The van der Waals surface area contributed by atoms with Crippen molar-refractivity contribution < 1.29 is 9.07 Å². The number of aromatic nitrogens is 3. The van der Waals surface area contributed by atoms with Crippen LogP contribution >= 0.6 is 0 Å². The molecule has 1 amide bonds. The van der Waals surface area contributed by atoms with Crippen LogP contribution in [0, 0.1) is 5.92 Å². The van der Waals surface area contributed by atoms with E-state index < -0.39 is 0 Å². The third kappa shape index (κ3) is 6.82. The molecule has 1 aliphatic carbocycles. The van der Waals surface area contributed by atoms with E-state index in [1.807, 2.05) is 19.9 Å². The first-order valence-corrected chi connectivity index (χ1v) is 14.8. The fourth-order valence-electron chi connectivity index (χ4n) is 5.57. The lowest BCUT2D eigenvalue weighted by Gasteiger charge is -2.27. The molecule has 1 fully saturated rings. The molecule has 1 saturated heterocycles. The average Bonchev–Trinajstić information content (AvgIpc) is 3.38. The quantitative estimate of drug-likeness (QED) is 0.297. The molecule has 39 heavy (non-hydrogen) atoms. The van der Waals surface area contributed by atoms with E-state index in [1.165, 1.54) is 5.57 Å². The maximum absolute atomic E-state index is 12.8. The molecule has 1 aromatic carbocycles. The van der Waals surface area contributed by atoms with E-state index in [9.17, 15) is 4.79 Å². The minimum absolute atomic E-state index is 0. The van der Waals surface area contributed by atoms with Crippen LogP contribution in [-0.4, -0.2) is 51.9 Å². The van der Waals surface area contributed by atoms with Crippen LogP contribution in [-0.2, 0) is 11.2 Å². The largest absolute Gasteiger partial charge is 0.367 e. The van der Waals surface area contributed by atoms with Gasteiger partial charge in [-0.2, -0.15) is 0 Å². The van der Waals surface area contributed by atoms with Gasteiger partial charge in [0.2, 0.25) is 5.91 Å². The lowest BCUT2D eigenvalue weighted by atomic mass is 9.96. The van der Waals surface area contributed by atoms with Crippen molar-refractivity contribution in [2.75, 3.05) is 30.8 Å². The second-order valence-corrected chi connectivity index (χ2v) is 10.5. The SMILES string of the molecule is CC.CCCC(CCC)Nc1ncnc2ccc(C3=CCc4nc(NC(=O)C5CCN(C)CC5)ccc43)cc12.[HH].[HH].[HH]. The second kappa shape index (κ2) is 13.7. The van der Waals surface area contributed by atoms with Gasteiger partial charge in [0, 0.05) is 33.6 Å². The smallest absolute Gasteiger partial charge is 0.228 e. The van der Waals surface area contributed by atoms with Crippen LogP contribution in [0.1, 0.15) is 87.3 Å². The van der Waals surface area contributed by atoms with E-state index in [0.717, 1.165) is 91.6 Å². The number of hydrogen-bond acceptors (Lipinski definition) is 6. The highest BCUT2D eigenvalue weighted by Crippen LogP contribution is 2.35. The zero-order valence-corrected chi connectivity index (χ0v) is 24.3. The first-order chi connectivity index (χ1) is 19.1. The Balaban J connectivity index is 0.00000173. The molecule has 2 aliphatic rings. The van der Waals surface area contributed by atoms with Crippen molar-refractivity contribution in [1.29, 1.82) is 0 Å². The Kier molecular flexibility index (Phi) is 10.0. The highest BCUT2D eigenvalue weighted by molar-refractivity contribution is 5.95. The van der Waals surface area contributed by atoms with Gasteiger partial charge >= 0.3 is 0 Å². The number of carbonyl (C=O) groups is 1. The highest BCUT2D eigenvalue weighted by Gasteiger charge is 2.25. The number of allylic oxidation sites excluding steroid dienone is 1. The number of likely N-dealkylation sites (tertiary alicyclic amines) is 1. The molecule has 5 rings (SSSR count). The minimum atomic E-state index is 0. The van der Waals surface area contributed by atoms with Crippen molar-refractivity contribution >= 4 is 34.0 Å². The molecular weight excluding hydrogens is 484 g/mol. The van der Waals surface area contributed by atoms with Gasteiger partial charge in [-0.3, -0.25) is 4.79 Å². The molecule has 1 aliphatic heterocycles. The van der Waals surface area contributed by atoms with Crippen molar-refractivity contribution in [3.63, 3.8) is 0 Å². The number of anilines is 2. The van der Waals surface area contributed by atoms with Gasteiger partial charge in [-0.05, 0) is 81.2 Å². The van der Waals surface area contributed by atoms with Gasteiger partial charge in [0.15, 0.2) is 0 Å². The summed E-state index contributed by atoms with van der Waals surface area (Å²) < 4.78 is 0. The predicted octanol–water partition coefficient (Wildman–Crippen LogP) is 7.44. The Hall–Kier alpha value is -3.32. The second-order valence-electron chi connectivity index (χ2n) is 10.5. The van der Waals surface area contributed by atoms with Crippen molar-refractivity contribution in [1.82, 2.24) is 19.9 Å². The van der Waals surface area contributed by atoms with Crippen molar-refractivity contribution in [3.8, 4) is 0 Å². The number of amides is 1. The fraction of sp³-hybridized carbons (Fsp3) is 0.500. The van der Waals surface area contributed by atoms with Gasteiger partial charge in [0.05, 0.1) is 11.2 Å². The van der Waals surface area contributed by atoms with Gasteiger partial charge < -0.3 is 15.5 Å². The summed E-state index contributed by atoms with van der Waals surface area (Å²) in [6.45, 7) is 10.4. The first-order valence-electron chi connectivity index (χ1n) is 14.8. The molecule has 7 nitrogen and oxygen atoms in total. The predicted molar refractivity (Wildman–Crippen MR) is 168 cm³/mol. The van der Waals surface area contributed by atoms with E-state index in [0.29, 0.717) is 11.9 Å². The monoisotopic (exact) mass is 534 g/mol. The number of hydrogen-bond donors (Lipinski definition) is 2. The molecule has 0 unspecified atom stereocenters. The molecule has 3 heterocycles. The summed E-state index contributed by atoms with van der Waals surface area (Å²) in [5.74, 6) is 1.71. The molecule has 0 radical (unpaired) electrons. The maximum atomic E-state index is 12.8. The van der Waals surface area contributed by atoms with Crippen molar-refractivity contribution in [2.24, 2.45) is 5.92 Å². The molecule has 214 valence electrons. The van der Waals surface area contributed by atoms with E-state index in [4.69, 9.17) is 4.98 Å². The molecule has 2 N–H and O–H groups in total. The van der Waals surface area contributed by atoms with Gasteiger partial charge in [-0.25, -0.2) is 15.0 Å².